The molecule has 2 aromatic carbocycles. The molecule has 2 heterocycles. The van der Waals surface area contributed by atoms with Crippen LogP contribution in [0.4, 0.5) is 0 Å². The predicted molar refractivity (Wildman–Crippen MR) is 158 cm³/mol. The maximum absolute atomic E-state index is 14.1. The van der Waals surface area contributed by atoms with Gasteiger partial charge in [-0.15, -0.1) is 6.58 Å². The van der Waals surface area contributed by atoms with Crippen molar-refractivity contribution < 1.29 is 19.4 Å². The SMILES string of the molecule is C=CCN1CC[C@]23c4c5c(O)cc(OC)c4O[C@H]2[C@@H](N(CC(C)C)C(=O)Cc2ccc(Cl)c(Cl)c2)CC[C@H]3[C@H]1C5. The summed E-state index contributed by atoms with van der Waals surface area (Å²) in [6.45, 7) is 10.7. The van der Waals surface area contributed by atoms with E-state index in [2.05, 4.69) is 30.2 Å². The highest BCUT2D eigenvalue weighted by atomic mass is 35.5. The molecule has 2 aliphatic carbocycles. The lowest BCUT2D eigenvalue weighted by Gasteiger charge is -2.60. The maximum Gasteiger partial charge on any atom is 0.227 e. The Morgan fingerprint density at radius 1 is 1.30 bits per heavy atom. The van der Waals surface area contributed by atoms with Gasteiger partial charge in [0.1, 0.15) is 11.9 Å². The second-order valence-electron chi connectivity index (χ2n) is 12.3. The van der Waals surface area contributed by atoms with Gasteiger partial charge in [-0.2, -0.15) is 0 Å². The van der Waals surface area contributed by atoms with Crippen molar-refractivity contribution in [1.29, 1.82) is 0 Å². The van der Waals surface area contributed by atoms with Crippen LogP contribution in [0.1, 0.15) is 49.8 Å². The molecule has 214 valence electrons. The minimum atomic E-state index is -0.278. The number of piperidine rings is 1. The van der Waals surface area contributed by atoms with Gasteiger partial charge in [0.15, 0.2) is 11.5 Å². The first-order chi connectivity index (χ1) is 19.2. The fourth-order valence-corrected chi connectivity index (χ4v) is 8.58. The number of methoxy groups -OCH3 is 1. The Balaban J connectivity index is 1.42. The number of phenols is 1. The van der Waals surface area contributed by atoms with E-state index in [4.69, 9.17) is 32.7 Å². The molecule has 1 saturated heterocycles. The van der Waals surface area contributed by atoms with Crippen molar-refractivity contribution in [2.45, 2.75) is 69.6 Å². The van der Waals surface area contributed by atoms with Crippen LogP contribution in [-0.2, 0) is 23.1 Å². The van der Waals surface area contributed by atoms with Crippen LogP contribution >= 0.6 is 23.2 Å². The Labute approximate surface area is 246 Å². The van der Waals surface area contributed by atoms with Gasteiger partial charge in [-0.1, -0.05) is 49.2 Å². The van der Waals surface area contributed by atoms with Crippen LogP contribution in [0.2, 0.25) is 10.0 Å². The summed E-state index contributed by atoms with van der Waals surface area (Å²) in [5.41, 5.74) is 2.67. The molecule has 0 radical (unpaired) electrons. The molecule has 1 saturated carbocycles. The summed E-state index contributed by atoms with van der Waals surface area (Å²) in [5.74, 6) is 2.34. The van der Waals surface area contributed by atoms with Gasteiger partial charge in [-0.3, -0.25) is 9.69 Å². The lowest BCUT2D eigenvalue weighted by Crippen LogP contribution is -2.69. The molecule has 2 fully saturated rings. The van der Waals surface area contributed by atoms with E-state index in [-0.39, 0.29) is 35.6 Å². The summed E-state index contributed by atoms with van der Waals surface area (Å²) in [4.78, 5) is 18.7. The molecule has 0 unspecified atom stereocenters. The minimum Gasteiger partial charge on any atom is -0.508 e. The molecule has 5 atom stereocenters. The van der Waals surface area contributed by atoms with E-state index in [9.17, 15) is 9.90 Å². The van der Waals surface area contributed by atoms with Crippen molar-refractivity contribution in [3.8, 4) is 17.2 Å². The van der Waals surface area contributed by atoms with Crippen LogP contribution < -0.4 is 9.47 Å². The summed E-state index contributed by atoms with van der Waals surface area (Å²) in [5, 5.41) is 12.1. The van der Waals surface area contributed by atoms with Gasteiger partial charge in [-0.25, -0.2) is 0 Å². The molecular weight excluding hydrogens is 547 g/mol. The Bertz CT molecular complexity index is 1350. The van der Waals surface area contributed by atoms with E-state index in [1.807, 2.05) is 12.1 Å². The molecule has 0 aromatic heterocycles. The van der Waals surface area contributed by atoms with Gasteiger partial charge < -0.3 is 19.5 Å². The third kappa shape index (κ3) is 4.21. The lowest BCUT2D eigenvalue weighted by atomic mass is 9.50. The summed E-state index contributed by atoms with van der Waals surface area (Å²) in [7, 11) is 1.62. The molecule has 2 aromatic rings. The number of carbonyl (C=O) groups is 1. The van der Waals surface area contributed by atoms with E-state index >= 15 is 0 Å². The van der Waals surface area contributed by atoms with Crippen molar-refractivity contribution in [2.24, 2.45) is 11.8 Å². The van der Waals surface area contributed by atoms with Crippen LogP contribution in [0, 0.1) is 11.8 Å². The highest BCUT2D eigenvalue weighted by molar-refractivity contribution is 6.42. The number of carbonyl (C=O) groups excluding carboxylic acids is 1. The average Bonchev–Trinajstić information content (AvgIpc) is 3.26. The van der Waals surface area contributed by atoms with Gasteiger partial charge in [0, 0.05) is 41.7 Å². The zero-order chi connectivity index (χ0) is 28.3. The Kier molecular flexibility index (Phi) is 7.25. The van der Waals surface area contributed by atoms with E-state index in [1.54, 1.807) is 25.3 Å². The summed E-state index contributed by atoms with van der Waals surface area (Å²) in [6, 6.07) is 7.31. The molecule has 1 spiro atoms. The zero-order valence-electron chi connectivity index (χ0n) is 23.5. The molecule has 6 nitrogen and oxygen atoms in total. The van der Waals surface area contributed by atoms with Gasteiger partial charge in [0.05, 0.1) is 29.6 Å². The van der Waals surface area contributed by atoms with Gasteiger partial charge >= 0.3 is 0 Å². The fourth-order valence-electron chi connectivity index (χ4n) is 8.26. The standard InChI is InChI=1S/C32H38Cl2N2O4/c1-5-11-35-12-10-32-21-7-9-24(36(17-18(2)3)28(38)14-19-6-8-22(33)23(34)13-19)31(32)40-30-27(39-4)16-26(37)20(29(30)32)15-25(21)35/h5-6,8,13,16,18,21,24-25,31,37H,1,7,9-12,14-15,17H2,2-4H3/t21-,24-,25+,31-,32-/m0/s1. The number of halogens is 2. The summed E-state index contributed by atoms with van der Waals surface area (Å²) < 4.78 is 12.7. The number of hydrogen-bond acceptors (Lipinski definition) is 5. The number of likely N-dealkylation sites (tertiary alicyclic amines) is 1. The van der Waals surface area contributed by atoms with Crippen molar-refractivity contribution in [2.75, 3.05) is 26.7 Å². The number of ether oxygens (including phenoxy) is 2. The predicted octanol–water partition coefficient (Wildman–Crippen LogP) is 6.03. The van der Waals surface area contributed by atoms with E-state index in [0.717, 1.165) is 61.2 Å². The zero-order valence-corrected chi connectivity index (χ0v) is 25.0. The molecule has 2 aliphatic heterocycles. The highest BCUT2D eigenvalue weighted by Gasteiger charge is 2.67. The summed E-state index contributed by atoms with van der Waals surface area (Å²) in [6.07, 6.45) is 5.58. The Morgan fingerprint density at radius 2 is 2.10 bits per heavy atom. The largest absolute Gasteiger partial charge is 0.508 e. The quantitative estimate of drug-likeness (QED) is 0.384. The second-order valence-corrected chi connectivity index (χ2v) is 13.1. The van der Waals surface area contributed by atoms with Crippen LogP contribution in [0.5, 0.6) is 17.2 Å². The van der Waals surface area contributed by atoms with Gasteiger partial charge in [-0.05, 0) is 61.8 Å². The normalized spacial score (nSPS) is 28.1. The molecule has 4 aliphatic rings. The lowest BCUT2D eigenvalue weighted by molar-refractivity contribution is -0.142. The van der Waals surface area contributed by atoms with Gasteiger partial charge in [0.25, 0.3) is 0 Å². The topological polar surface area (TPSA) is 62.2 Å². The van der Waals surface area contributed by atoms with Crippen LogP contribution in [-0.4, -0.2) is 65.7 Å². The van der Waals surface area contributed by atoms with Crippen LogP contribution in [0.15, 0.2) is 36.9 Å². The smallest absolute Gasteiger partial charge is 0.227 e. The fraction of sp³-hybridized carbons (Fsp3) is 0.531. The van der Waals surface area contributed by atoms with Crippen molar-refractivity contribution >= 4 is 29.1 Å². The Hall–Kier alpha value is -2.41. The van der Waals surface area contributed by atoms with Crippen molar-refractivity contribution in [3.63, 3.8) is 0 Å². The van der Waals surface area contributed by atoms with Crippen molar-refractivity contribution in [1.82, 2.24) is 9.80 Å². The second kappa shape index (κ2) is 10.5. The Morgan fingerprint density at radius 3 is 2.80 bits per heavy atom. The minimum absolute atomic E-state index is 0.0676. The molecule has 8 heteroatoms. The van der Waals surface area contributed by atoms with E-state index in [0.29, 0.717) is 40.2 Å². The number of phenolic OH excluding ortho intramolecular Hbond substituents is 1. The van der Waals surface area contributed by atoms with E-state index in [1.165, 1.54) is 0 Å². The molecule has 1 amide bonds. The third-order valence-corrected chi connectivity index (χ3v) is 10.4. The first-order valence-corrected chi connectivity index (χ1v) is 15.1. The maximum atomic E-state index is 14.1. The first-order valence-electron chi connectivity index (χ1n) is 14.4. The van der Waals surface area contributed by atoms with Crippen molar-refractivity contribution in [3.05, 3.63) is 63.7 Å². The number of nitrogens with zero attached hydrogens (tertiary/aromatic N) is 2. The summed E-state index contributed by atoms with van der Waals surface area (Å²) >= 11 is 12.4. The molecule has 6 rings (SSSR count). The monoisotopic (exact) mass is 584 g/mol. The number of benzene rings is 2. The van der Waals surface area contributed by atoms with Crippen LogP contribution in [0.25, 0.3) is 0 Å². The highest BCUT2D eigenvalue weighted by Crippen LogP contribution is 2.65. The average molecular weight is 586 g/mol. The third-order valence-electron chi connectivity index (χ3n) is 9.70. The molecule has 2 bridgehead atoms. The number of hydrogen-bond donors (Lipinski definition) is 1. The number of amides is 1. The number of rotatable bonds is 8. The molecular formula is C32H38Cl2N2O4. The molecule has 40 heavy (non-hydrogen) atoms. The number of aromatic hydroxyl groups is 1. The van der Waals surface area contributed by atoms with E-state index < -0.39 is 0 Å². The van der Waals surface area contributed by atoms with Gasteiger partial charge in [0.2, 0.25) is 5.91 Å². The first kappa shape index (κ1) is 27.7. The molecule has 1 N–H and O–H groups in total. The van der Waals surface area contributed by atoms with Crippen LogP contribution in [0.3, 0.4) is 0 Å².